The molecule has 0 amide bonds. The van der Waals surface area contributed by atoms with Gasteiger partial charge in [-0.25, -0.2) is 0 Å². The van der Waals surface area contributed by atoms with Crippen molar-refractivity contribution in [2.45, 2.75) is 27.7 Å². The molecule has 0 radical (unpaired) electrons. The quantitative estimate of drug-likeness (QED) is 0.439. The SMILES string of the molecule is Cc1ccc(N=Nc2ccc(C)c(C)c2[N+](=O)[O-])cc1C. The number of benzene rings is 2. The van der Waals surface area contributed by atoms with Gasteiger partial charge in [0.15, 0.2) is 5.69 Å². The molecule has 0 aromatic heterocycles. The van der Waals surface area contributed by atoms with E-state index in [4.69, 9.17) is 0 Å². The lowest BCUT2D eigenvalue weighted by atomic mass is 10.1. The van der Waals surface area contributed by atoms with Gasteiger partial charge in [0.2, 0.25) is 0 Å². The highest BCUT2D eigenvalue weighted by molar-refractivity contribution is 5.63. The van der Waals surface area contributed by atoms with Gasteiger partial charge in [-0.1, -0.05) is 12.1 Å². The molecule has 0 aliphatic carbocycles. The van der Waals surface area contributed by atoms with Crippen LogP contribution in [0.25, 0.3) is 0 Å². The van der Waals surface area contributed by atoms with Crippen molar-refractivity contribution in [1.29, 1.82) is 0 Å². The predicted octanol–water partition coefficient (Wildman–Crippen LogP) is 5.24. The summed E-state index contributed by atoms with van der Waals surface area (Å²) in [5.74, 6) is 0. The van der Waals surface area contributed by atoms with Gasteiger partial charge in [0.05, 0.1) is 10.6 Å². The summed E-state index contributed by atoms with van der Waals surface area (Å²) in [6.07, 6.45) is 0. The topological polar surface area (TPSA) is 67.9 Å². The van der Waals surface area contributed by atoms with E-state index in [1.54, 1.807) is 13.0 Å². The molecule has 0 aliphatic rings. The zero-order chi connectivity index (χ0) is 15.6. The van der Waals surface area contributed by atoms with Crippen molar-refractivity contribution in [2.75, 3.05) is 0 Å². The fourth-order valence-corrected chi connectivity index (χ4v) is 2.00. The number of nitrogens with zero attached hydrogens (tertiary/aromatic N) is 3. The standard InChI is InChI=1S/C16H17N3O2/c1-10-5-7-14(9-12(10)3)17-18-15-8-6-11(2)13(4)16(15)19(20)21/h5-9H,1-4H3. The number of hydrogen-bond donors (Lipinski definition) is 0. The van der Waals surface area contributed by atoms with Gasteiger partial charge < -0.3 is 0 Å². The smallest absolute Gasteiger partial charge is 0.258 e. The van der Waals surface area contributed by atoms with E-state index in [-0.39, 0.29) is 11.4 Å². The number of nitro benzene ring substituents is 1. The molecule has 0 fully saturated rings. The first kappa shape index (κ1) is 14.8. The van der Waals surface area contributed by atoms with Gasteiger partial charge >= 0.3 is 0 Å². The first-order chi connectivity index (χ1) is 9.90. The molecule has 0 saturated carbocycles. The minimum atomic E-state index is -0.406. The number of azo groups is 1. The molecule has 0 bridgehead atoms. The molecular formula is C16H17N3O2. The molecule has 0 aliphatic heterocycles. The van der Waals surface area contributed by atoms with Crippen molar-refractivity contribution in [2.24, 2.45) is 10.2 Å². The molecule has 108 valence electrons. The average Bonchev–Trinajstić information content (AvgIpc) is 2.43. The van der Waals surface area contributed by atoms with Crippen molar-refractivity contribution in [3.05, 3.63) is 62.7 Å². The maximum Gasteiger partial charge on any atom is 0.299 e. The van der Waals surface area contributed by atoms with Crippen molar-refractivity contribution < 1.29 is 4.92 Å². The van der Waals surface area contributed by atoms with Crippen molar-refractivity contribution in [1.82, 2.24) is 0 Å². The molecule has 2 rings (SSSR count). The van der Waals surface area contributed by atoms with Crippen LogP contribution in [0.4, 0.5) is 17.1 Å². The Labute approximate surface area is 123 Å². The molecule has 5 nitrogen and oxygen atoms in total. The maximum absolute atomic E-state index is 11.2. The third-order valence-corrected chi connectivity index (χ3v) is 3.63. The van der Waals surface area contributed by atoms with E-state index in [0.29, 0.717) is 11.3 Å². The van der Waals surface area contributed by atoms with Gasteiger partial charge in [-0.2, -0.15) is 5.11 Å². The van der Waals surface area contributed by atoms with Gasteiger partial charge in [-0.3, -0.25) is 10.1 Å². The Kier molecular flexibility index (Phi) is 4.12. The van der Waals surface area contributed by atoms with Crippen LogP contribution in [0.3, 0.4) is 0 Å². The van der Waals surface area contributed by atoms with Gasteiger partial charge in [-0.15, -0.1) is 5.11 Å². The molecule has 0 heterocycles. The van der Waals surface area contributed by atoms with E-state index < -0.39 is 4.92 Å². The number of rotatable bonds is 3. The summed E-state index contributed by atoms with van der Waals surface area (Å²) in [6, 6.07) is 9.16. The van der Waals surface area contributed by atoms with Gasteiger partial charge in [0.1, 0.15) is 0 Å². The van der Waals surface area contributed by atoms with E-state index in [1.807, 2.05) is 45.0 Å². The lowest BCUT2D eigenvalue weighted by Crippen LogP contribution is -1.94. The summed E-state index contributed by atoms with van der Waals surface area (Å²) >= 11 is 0. The lowest BCUT2D eigenvalue weighted by Gasteiger charge is -2.04. The highest BCUT2D eigenvalue weighted by Crippen LogP contribution is 2.33. The molecule has 0 spiro atoms. The molecule has 21 heavy (non-hydrogen) atoms. The Morgan fingerprint density at radius 1 is 0.905 bits per heavy atom. The van der Waals surface area contributed by atoms with Crippen LogP contribution in [0.15, 0.2) is 40.6 Å². The Morgan fingerprint density at radius 3 is 2.19 bits per heavy atom. The van der Waals surface area contributed by atoms with E-state index >= 15 is 0 Å². The van der Waals surface area contributed by atoms with Crippen LogP contribution in [0.1, 0.15) is 22.3 Å². The van der Waals surface area contributed by atoms with E-state index in [1.165, 1.54) is 5.56 Å². The Balaban J connectivity index is 2.43. The van der Waals surface area contributed by atoms with Crippen LogP contribution in [0.2, 0.25) is 0 Å². The molecule has 5 heteroatoms. The van der Waals surface area contributed by atoms with Crippen LogP contribution in [-0.2, 0) is 0 Å². The summed E-state index contributed by atoms with van der Waals surface area (Å²) < 4.78 is 0. The fourth-order valence-electron chi connectivity index (χ4n) is 2.00. The summed E-state index contributed by atoms with van der Waals surface area (Å²) in [5.41, 5.74) is 4.75. The highest BCUT2D eigenvalue weighted by Gasteiger charge is 2.18. The normalized spacial score (nSPS) is 11.0. The largest absolute Gasteiger partial charge is 0.299 e. The summed E-state index contributed by atoms with van der Waals surface area (Å²) in [6.45, 7) is 7.58. The summed E-state index contributed by atoms with van der Waals surface area (Å²) in [7, 11) is 0. The molecule has 0 saturated heterocycles. The first-order valence-electron chi connectivity index (χ1n) is 6.63. The molecule has 2 aromatic carbocycles. The Bertz CT molecular complexity index is 737. The molecule has 0 atom stereocenters. The number of hydrogen-bond acceptors (Lipinski definition) is 4. The van der Waals surface area contributed by atoms with Crippen LogP contribution in [0.5, 0.6) is 0 Å². The second-order valence-corrected chi connectivity index (χ2v) is 5.10. The maximum atomic E-state index is 11.2. The van der Waals surface area contributed by atoms with E-state index in [2.05, 4.69) is 10.2 Å². The molecule has 0 unspecified atom stereocenters. The molecule has 0 N–H and O–H groups in total. The zero-order valence-corrected chi connectivity index (χ0v) is 12.5. The first-order valence-corrected chi connectivity index (χ1v) is 6.63. The number of aryl methyl sites for hydroxylation is 3. The minimum absolute atomic E-state index is 0.0163. The van der Waals surface area contributed by atoms with Crippen molar-refractivity contribution >= 4 is 17.1 Å². The van der Waals surface area contributed by atoms with Crippen molar-refractivity contribution in [3.63, 3.8) is 0 Å². The van der Waals surface area contributed by atoms with Gasteiger partial charge in [-0.05, 0) is 62.6 Å². The third-order valence-electron chi connectivity index (χ3n) is 3.63. The minimum Gasteiger partial charge on any atom is -0.258 e. The van der Waals surface area contributed by atoms with Crippen LogP contribution in [-0.4, -0.2) is 4.92 Å². The van der Waals surface area contributed by atoms with Crippen molar-refractivity contribution in [3.8, 4) is 0 Å². The molecule has 2 aromatic rings. The Morgan fingerprint density at radius 2 is 1.57 bits per heavy atom. The van der Waals surface area contributed by atoms with E-state index in [9.17, 15) is 10.1 Å². The fraction of sp³-hybridized carbons (Fsp3) is 0.250. The van der Waals surface area contributed by atoms with E-state index in [0.717, 1.165) is 11.1 Å². The van der Waals surface area contributed by atoms with Gasteiger partial charge in [0.25, 0.3) is 5.69 Å². The van der Waals surface area contributed by atoms with Crippen LogP contribution >= 0.6 is 0 Å². The second-order valence-electron chi connectivity index (χ2n) is 5.10. The predicted molar refractivity (Wildman–Crippen MR) is 82.7 cm³/mol. The Hall–Kier alpha value is -2.56. The lowest BCUT2D eigenvalue weighted by molar-refractivity contribution is -0.384. The zero-order valence-electron chi connectivity index (χ0n) is 12.5. The average molecular weight is 283 g/mol. The van der Waals surface area contributed by atoms with Gasteiger partial charge in [0, 0.05) is 5.56 Å². The third kappa shape index (κ3) is 3.13. The number of nitro groups is 1. The van der Waals surface area contributed by atoms with Crippen LogP contribution in [0, 0.1) is 37.8 Å². The monoisotopic (exact) mass is 283 g/mol. The highest BCUT2D eigenvalue weighted by atomic mass is 16.6. The van der Waals surface area contributed by atoms with Crippen LogP contribution < -0.4 is 0 Å². The summed E-state index contributed by atoms with van der Waals surface area (Å²) in [5, 5.41) is 19.4. The summed E-state index contributed by atoms with van der Waals surface area (Å²) in [4.78, 5) is 10.8. The second kappa shape index (κ2) is 5.83. The molecular weight excluding hydrogens is 266 g/mol.